The summed E-state index contributed by atoms with van der Waals surface area (Å²) < 4.78 is 32.6. The topological polar surface area (TPSA) is 82.9 Å². The van der Waals surface area contributed by atoms with Gasteiger partial charge in [-0.25, -0.2) is 8.42 Å². The van der Waals surface area contributed by atoms with Gasteiger partial charge in [0.05, 0.1) is 0 Å². The van der Waals surface area contributed by atoms with Gasteiger partial charge in [0, 0.05) is 38.8 Å². The van der Waals surface area contributed by atoms with E-state index in [-0.39, 0.29) is 16.6 Å². The Morgan fingerprint density at radius 2 is 1.85 bits per heavy atom. The van der Waals surface area contributed by atoms with E-state index in [2.05, 4.69) is 5.32 Å². The van der Waals surface area contributed by atoms with Gasteiger partial charge >= 0.3 is 0 Å². The van der Waals surface area contributed by atoms with Crippen molar-refractivity contribution in [3.8, 4) is 0 Å². The summed E-state index contributed by atoms with van der Waals surface area (Å²) >= 11 is 0. The van der Waals surface area contributed by atoms with E-state index in [0.29, 0.717) is 37.4 Å². The molecule has 0 bridgehead atoms. The van der Waals surface area contributed by atoms with Gasteiger partial charge in [-0.15, -0.1) is 0 Å². The number of aryl methyl sites for hydroxylation is 1. The molecule has 1 aromatic heterocycles. The van der Waals surface area contributed by atoms with Crippen molar-refractivity contribution in [2.24, 2.45) is 5.41 Å². The lowest BCUT2D eigenvalue weighted by Gasteiger charge is -2.38. The monoisotopic (exact) mass is 381 g/mol. The number of sulfonamides is 1. The normalized spacial score (nSPS) is 23.8. The van der Waals surface area contributed by atoms with Gasteiger partial charge in [-0.1, -0.05) is 0 Å². The third kappa shape index (κ3) is 3.08. The molecule has 7 nitrogen and oxygen atoms in total. The maximum Gasteiger partial charge on any atom is 0.289 e. The first-order chi connectivity index (χ1) is 12.4. The standard InChI is InChI=1S/C18H27N3O4S/c1-14-16(26(23,24)21-8-2-3-9-21)12-15(25-14)17(22)20-10-5-18(6-11-20)4-7-19-13-18/h12,19H,2-11,13H2,1H3. The zero-order valence-electron chi connectivity index (χ0n) is 15.3. The van der Waals surface area contributed by atoms with Crippen LogP contribution in [0.25, 0.3) is 0 Å². The zero-order chi connectivity index (χ0) is 18.4. The summed E-state index contributed by atoms with van der Waals surface area (Å²) in [5.74, 6) is 0.242. The summed E-state index contributed by atoms with van der Waals surface area (Å²) in [5, 5.41) is 3.42. The second kappa shape index (κ2) is 6.65. The predicted molar refractivity (Wildman–Crippen MR) is 96.5 cm³/mol. The van der Waals surface area contributed by atoms with Gasteiger partial charge in [-0.3, -0.25) is 4.79 Å². The molecule has 0 aromatic carbocycles. The van der Waals surface area contributed by atoms with Crippen LogP contribution in [-0.4, -0.2) is 62.8 Å². The Balaban J connectivity index is 1.49. The molecule has 4 heterocycles. The predicted octanol–water partition coefficient (Wildman–Crippen LogP) is 1.59. The molecular formula is C18H27N3O4S. The fourth-order valence-electron chi connectivity index (χ4n) is 4.46. The van der Waals surface area contributed by atoms with Crippen molar-refractivity contribution in [2.45, 2.75) is 43.9 Å². The smallest absolute Gasteiger partial charge is 0.289 e. The van der Waals surface area contributed by atoms with Gasteiger partial charge in [-0.05, 0) is 51.0 Å². The molecule has 3 saturated heterocycles. The Hall–Kier alpha value is -1.38. The van der Waals surface area contributed by atoms with E-state index >= 15 is 0 Å². The molecule has 8 heteroatoms. The molecule has 3 aliphatic rings. The molecule has 3 fully saturated rings. The average molecular weight is 381 g/mol. The highest BCUT2D eigenvalue weighted by Gasteiger charge is 2.39. The van der Waals surface area contributed by atoms with Crippen molar-refractivity contribution < 1.29 is 17.6 Å². The van der Waals surface area contributed by atoms with Crippen LogP contribution in [0.15, 0.2) is 15.4 Å². The van der Waals surface area contributed by atoms with Crippen LogP contribution in [0.4, 0.5) is 0 Å². The molecule has 144 valence electrons. The minimum Gasteiger partial charge on any atom is -0.455 e. The van der Waals surface area contributed by atoms with E-state index < -0.39 is 10.0 Å². The molecule has 1 spiro atoms. The minimum absolute atomic E-state index is 0.135. The van der Waals surface area contributed by atoms with E-state index in [1.807, 2.05) is 0 Å². The van der Waals surface area contributed by atoms with E-state index in [1.165, 1.54) is 16.8 Å². The minimum atomic E-state index is -3.57. The summed E-state index contributed by atoms with van der Waals surface area (Å²) in [5.41, 5.74) is 0.333. The van der Waals surface area contributed by atoms with Gasteiger partial charge in [0.2, 0.25) is 10.0 Å². The number of amides is 1. The number of furan rings is 1. The first-order valence-corrected chi connectivity index (χ1v) is 11.0. The van der Waals surface area contributed by atoms with E-state index in [1.54, 1.807) is 11.8 Å². The van der Waals surface area contributed by atoms with Gasteiger partial charge in [-0.2, -0.15) is 4.31 Å². The Kier molecular flexibility index (Phi) is 4.61. The second-order valence-corrected chi connectivity index (χ2v) is 9.77. The lowest BCUT2D eigenvalue weighted by molar-refractivity contribution is 0.0576. The molecule has 0 unspecified atom stereocenters. The molecule has 1 amide bonds. The van der Waals surface area contributed by atoms with Crippen molar-refractivity contribution >= 4 is 15.9 Å². The van der Waals surface area contributed by atoms with Crippen LogP contribution in [0.2, 0.25) is 0 Å². The summed E-state index contributed by atoms with van der Waals surface area (Å²) in [6.07, 6.45) is 4.92. The number of nitrogens with zero attached hydrogens (tertiary/aromatic N) is 2. The van der Waals surface area contributed by atoms with E-state index in [4.69, 9.17) is 4.42 Å². The number of hydrogen-bond donors (Lipinski definition) is 1. The Bertz CT molecular complexity index is 779. The van der Waals surface area contributed by atoms with Crippen molar-refractivity contribution in [1.29, 1.82) is 0 Å². The Labute approximate surface area is 154 Å². The largest absolute Gasteiger partial charge is 0.455 e. The lowest BCUT2D eigenvalue weighted by atomic mass is 9.78. The highest BCUT2D eigenvalue weighted by Crippen LogP contribution is 2.37. The molecular weight excluding hydrogens is 354 g/mol. The maximum atomic E-state index is 12.8. The number of carbonyl (C=O) groups is 1. The molecule has 0 saturated carbocycles. The fraction of sp³-hybridized carbons (Fsp3) is 0.722. The molecule has 0 aliphatic carbocycles. The lowest BCUT2D eigenvalue weighted by Crippen LogP contribution is -2.43. The summed E-state index contributed by atoms with van der Waals surface area (Å²) in [4.78, 5) is 14.8. The van der Waals surface area contributed by atoms with Crippen LogP contribution in [0.5, 0.6) is 0 Å². The third-order valence-corrected chi connectivity index (χ3v) is 8.22. The van der Waals surface area contributed by atoms with Gasteiger partial charge in [0.1, 0.15) is 10.7 Å². The molecule has 4 rings (SSSR count). The van der Waals surface area contributed by atoms with Crippen LogP contribution in [0.1, 0.15) is 48.4 Å². The number of carbonyl (C=O) groups excluding carboxylic acids is 1. The van der Waals surface area contributed by atoms with Gasteiger partial charge < -0.3 is 14.6 Å². The number of piperidine rings is 1. The van der Waals surface area contributed by atoms with E-state index in [9.17, 15) is 13.2 Å². The fourth-order valence-corrected chi connectivity index (χ4v) is 6.13. The molecule has 1 N–H and O–H groups in total. The van der Waals surface area contributed by atoms with Crippen LogP contribution in [0, 0.1) is 12.3 Å². The molecule has 3 aliphatic heterocycles. The quantitative estimate of drug-likeness (QED) is 0.860. The third-order valence-electron chi connectivity index (χ3n) is 6.21. The highest BCUT2D eigenvalue weighted by atomic mass is 32.2. The average Bonchev–Trinajstić information content (AvgIpc) is 3.36. The van der Waals surface area contributed by atoms with Crippen LogP contribution < -0.4 is 5.32 Å². The van der Waals surface area contributed by atoms with Gasteiger partial charge in [0.15, 0.2) is 5.76 Å². The molecule has 0 atom stereocenters. The van der Waals surface area contributed by atoms with Crippen LogP contribution in [0.3, 0.4) is 0 Å². The van der Waals surface area contributed by atoms with Crippen molar-refractivity contribution in [3.63, 3.8) is 0 Å². The number of likely N-dealkylation sites (tertiary alicyclic amines) is 1. The van der Waals surface area contributed by atoms with Crippen molar-refractivity contribution in [2.75, 3.05) is 39.3 Å². The summed E-state index contributed by atoms with van der Waals surface area (Å²) in [6.45, 7) is 6.20. The summed E-state index contributed by atoms with van der Waals surface area (Å²) in [6, 6.07) is 1.42. The maximum absolute atomic E-state index is 12.8. The first-order valence-electron chi connectivity index (χ1n) is 9.52. The Morgan fingerprint density at radius 1 is 1.15 bits per heavy atom. The number of rotatable bonds is 3. The zero-order valence-corrected chi connectivity index (χ0v) is 16.1. The van der Waals surface area contributed by atoms with Crippen LogP contribution >= 0.6 is 0 Å². The van der Waals surface area contributed by atoms with Gasteiger partial charge in [0.25, 0.3) is 5.91 Å². The molecule has 26 heavy (non-hydrogen) atoms. The van der Waals surface area contributed by atoms with Crippen LogP contribution in [-0.2, 0) is 10.0 Å². The highest BCUT2D eigenvalue weighted by molar-refractivity contribution is 7.89. The van der Waals surface area contributed by atoms with Crippen molar-refractivity contribution in [3.05, 3.63) is 17.6 Å². The van der Waals surface area contributed by atoms with E-state index in [0.717, 1.165) is 38.8 Å². The SMILES string of the molecule is Cc1oc(C(=O)N2CCC3(CCNC3)CC2)cc1S(=O)(=O)N1CCCC1. The number of nitrogens with one attached hydrogen (secondary N) is 1. The number of hydrogen-bond acceptors (Lipinski definition) is 5. The first kappa shape index (κ1) is 18.0. The Morgan fingerprint density at radius 3 is 2.46 bits per heavy atom. The molecule has 0 radical (unpaired) electrons. The molecule has 1 aromatic rings. The second-order valence-electron chi connectivity index (χ2n) is 7.86. The van der Waals surface area contributed by atoms with Crippen molar-refractivity contribution in [1.82, 2.24) is 14.5 Å². The summed E-state index contributed by atoms with van der Waals surface area (Å²) in [7, 11) is -3.57.